The molecular weight excluding hydrogens is 320 g/mol. The van der Waals surface area contributed by atoms with E-state index in [-0.39, 0.29) is 0 Å². The number of nitrogens with zero attached hydrogens (tertiary/aromatic N) is 2. The highest BCUT2D eigenvalue weighted by atomic mass is 16.1. The van der Waals surface area contributed by atoms with Crippen LogP contribution in [0.1, 0.15) is 32.6 Å². The van der Waals surface area contributed by atoms with E-state index in [2.05, 4.69) is 23.1 Å². The van der Waals surface area contributed by atoms with Gasteiger partial charge in [-0.15, -0.1) is 0 Å². The van der Waals surface area contributed by atoms with Crippen LogP contribution in [-0.2, 0) is 12.8 Å². The number of benzene rings is 3. The number of aldehydes is 1. The molecule has 0 aromatic heterocycles. The number of rotatable bonds is 2. The van der Waals surface area contributed by atoms with E-state index < -0.39 is 0 Å². The molecule has 126 valence electrons. The van der Waals surface area contributed by atoms with Gasteiger partial charge in [0.25, 0.3) is 0 Å². The Morgan fingerprint density at radius 3 is 2.42 bits per heavy atom. The molecule has 0 spiro atoms. The van der Waals surface area contributed by atoms with Gasteiger partial charge in [-0.1, -0.05) is 30.3 Å². The van der Waals surface area contributed by atoms with E-state index in [1.165, 1.54) is 11.1 Å². The van der Waals surface area contributed by atoms with Crippen molar-refractivity contribution in [2.45, 2.75) is 19.8 Å². The molecule has 0 N–H and O–H groups in total. The number of hydrogen-bond acceptors (Lipinski definition) is 3. The smallest absolute Gasteiger partial charge is 0.150 e. The summed E-state index contributed by atoms with van der Waals surface area (Å²) >= 11 is 0. The molecule has 0 amide bonds. The maximum Gasteiger partial charge on any atom is 0.150 e. The van der Waals surface area contributed by atoms with Gasteiger partial charge in [0.1, 0.15) is 12.4 Å². The van der Waals surface area contributed by atoms with Crippen LogP contribution in [0.2, 0.25) is 0 Å². The van der Waals surface area contributed by atoms with Crippen LogP contribution >= 0.6 is 0 Å². The highest BCUT2D eigenvalue weighted by Crippen LogP contribution is 2.43. The van der Waals surface area contributed by atoms with Gasteiger partial charge in [0.05, 0.1) is 11.3 Å². The molecule has 0 unspecified atom stereocenters. The van der Waals surface area contributed by atoms with E-state index in [1.807, 2.05) is 55.5 Å². The van der Waals surface area contributed by atoms with Gasteiger partial charge in [0.15, 0.2) is 0 Å². The van der Waals surface area contributed by atoms with Crippen molar-refractivity contribution in [2.75, 3.05) is 4.90 Å². The van der Waals surface area contributed by atoms with Crippen molar-refractivity contribution >= 4 is 23.3 Å². The Kier molecular flexibility index (Phi) is 4.02. The van der Waals surface area contributed by atoms with Gasteiger partial charge in [-0.05, 0) is 66.8 Å². The largest absolute Gasteiger partial charge is 0.309 e. The first-order valence-corrected chi connectivity index (χ1v) is 8.69. The molecule has 0 fully saturated rings. The number of carbonyl (C=O) groups is 1. The molecule has 0 saturated carbocycles. The highest BCUT2D eigenvalue weighted by Gasteiger charge is 2.25. The second kappa shape index (κ2) is 6.50. The lowest BCUT2D eigenvalue weighted by atomic mass is 9.96. The maximum absolute atomic E-state index is 11.4. The van der Waals surface area contributed by atoms with Crippen LogP contribution in [0.5, 0.6) is 0 Å². The monoisotopic (exact) mass is 338 g/mol. The van der Waals surface area contributed by atoms with Gasteiger partial charge >= 0.3 is 0 Å². The molecule has 0 radical (unpaired) electrons. The van der Waals surface area contributed by atoms with Crippen molar-refractivity contribution in [3.05, 3.63) is 88.5 Å². The number of fused-ring (bicyclic) bond motifs is 2. The molecule has 1 heterocycles. The average Bonchev–Trinajstić information content (AvgIpc) is 2.85. The maximum atomic E-state index is 11.4. The van der Waals surface area contributed by atoms with Crippen LogP contribution in [0.3, 0.4) is 0 Å². The quantitative estimate of drug-likeness (QED) is 0.600. The Morgan fingerprint density at radius 2 is 1.65 bits per heavy atom. The predicted octanol–water partition coefficient (Wildman–Crippen LogP) is 5.25. The zero-order valence-corrected chi connectivity index (χ0v) is 14.6. The number of carbonyl (C=O) groups excluding carboxylic acids is 1. The fourth-order valence-electron chi connectivity index (χ4n) is 3.77. The minimum atomic E-state index is 0.632. The van der Waals surface area contributed by atoms with Gasteiger partial charge in [0, 0.05) is 16.9 Å². The lowest BCUT2D eigenvalue weighted by Crippen LogP contribution is -2.14. The van der Waals surface area contributed by atoms with E-state index >= 15 is 0 Å². The summed E-state index contributed by atoms with van der Waals surface area (Å²) in [6.07, 6.45) is 2.68. The summed E-state index contributed by atoms with van der Waals surface area (Å²) in [6, 6.07) is 22.2. The molecule has 1 aliphatic heterocycles. The number of hydrogen-bond donors (Lipinski definition) is 0. The van der Waals surface area contributed by atoms with Crippen LogP contribution in [0.25, 0.3) is 0 Å². The Morgan fingerprint density at radius 1 is 0.923 bits per heavy atom. The molecule has 0 bridgehead atoms. The normalized spacial score (nSPS) is 12.5. The third kappa shape index (κ3) is 2.48. The second-order valence-corrected chi connectivity index (χ2v) is 6.49. The molecule has 3 aromatic carbocycles. The molecule has 3 heteroatoms. The first-order valence-electron chi connectivity index (χ1n) is 8.69. The van der Waals surface area contributed by atoms with Crippen molar-refractivity contribution in [2.24, 2.45) is 0 Å². The molecule has 4 rings (SSSR count). The summed E-state index contributed by atoms with van der Waals surface area (Å²) in [5.74, 6) is 0. The second-order valence-electron chi connectivity index (χ2n) is 6.49. The zero-order chi connectivity index (χ0) is 18.1. The standard InChI is InChI=1S/C23H18N2O/c1-16-19(15-26)11-13-23-20(16)12-10-17-6-2-4-8-21(17)25(23)22-9-5-3-7-18(22)14-24/h2-9,11,13,15H,10,12H2,1H3. The summed E-state index contributed by atoms with van der Waals surface area (Å²) in [5, 5.41) is 9.63. The zero-order valence-electron chi connectivity index (χ0n) is 14.6. The average molecular weight is 338 g/mol. The van der Waals surface area contributed by atoms with Crippen LogP contribution in [0, 0.1) is 18.3 Å². The minimum Gasteiger partial charge on any atom is -0.309 e. The number of para-hydroxylation sites is 2. The van der Waals surface area contributed by atoms with Crippen molar-refractivity contribution in [3.63, 3.8) is 0 Å². The molecular formula is C23H18N2O. The van der Waals surface area contributed by atoms with Crippen LogP contribution in [0.15, 0.2) is 60.7 Å². The van der Waals surface area contributed by atoms with Crippen molar-refractivity contribution in [3.8, 4) is 6.07 Å². The molecule has 0 saturated heterocycles. The molecule has 26 heavy (non-hydrogen) atoms. The number of anilines is 3. The Balaban J connectivity index is 2.05. The molecule has 0 aliphatic carbocycles. The summed E-state index contributed by atoms with van der Waals surface area (Å²) in [6.45, 7) is 2.01. The summed E-state index contributed by atoms with van der Waals surface area (Å²) < 4.78 is 0. The molecule has 3 aromatic rings. The molecule has 1 aliphatic rings. The highest BCUT2D eigenvalue weighted by molar-refractivity contribution is 5.87. The Labute approximate surface area is 153 Å². The summed E-state index contributed by atoms with van der Waals surface area (Å²) in [7, 11) is 0. The first-order chi connectivity index (χ1) is 12.7. The molecule has 3 nitrogen and oxygen atoms in total. The third-order valence-electron chi connectivity index (χ3n) is 5.13. The lowest BCUT2D eigenvalue weighted by molar-refractivity contribution is 0.112. The minimum absolute atomic E-state index is 0.632. The number of nitriles is 1. The van der Waals surface area contributed by atoms with Crippen molar-refractivity contribution in [1.82, 2.24) is 0 Å². The fourth-order valence-corrected chi connectivity index (χ4v) is 3.77. The lowest BCUT2D eigenvalue weighted by Gasteiger charge is -2.28. The first kappa shape index (κ1) is 16.1. The van der Waals surface area contributed by atoms with E-state index in [9.17, 15) is 10.1 Å². The fraction of sp³-hybridized carbons (Fsp3) is 0.130. The predicted molar refractivity (Wildman–Crippen MR) is 103 cm³/mol. The van der Waals surface area contributed by atoms with Gasteiger partial charge < -0.3 is 4.90 Å². The van der Waals surface area contributed by atoms with E-state index in [4.69, 9.17) is 0 Å². The van der Waals surface area contributed by atoms with Gasteiger partial charge in [0.2, 0.25) is 0 Å². The summed E-state index contributed by atoms with van der Waals surface area (Å²) in [5.41, 5.74) is 7.78. The molecule has 0 atom stereocenters. The Bertz CT molecular complexity index is 1050. The third-order valence-corrected chi connectivity index (χ3v) is 5.13. The SMILES string of the molecule is Cc1c(C=O)ccc2c1CCc1ccccc1N2c1ccccc1C#N. The van der Waals surface area contributed by atoms with E-state index in [0.717, 1.165) is 47.3 Å². The summed E-state index contributed by atoms with van der Waals surface area (Å²) in [4.78, 5) is 13.6. The van der Waals surface area contributed by atoms with Crippen molar-refractivity contribution in [1.29, 1.82) is 5.26 Å². The van der Waals surface area contributed by atoms with Crippen LogP contribution in [0.4, 0.5) is 17.1 Å². The van der Waals surface area contributed by atoms with E-state index in [0.29, 0.717) is 5.56 Å². The van der Waals surface area contributed by atoms with Crippen LogP contribution in [-0.4, -0.2) is 6.29 Å². The Hall–Kier alpha value is -3.38. The number of aryl methyl sites for hydroxylation is 1. The topological polar surface area (TPSA) is 44.1 Å². The van der Waals surface area contributed by atoms with Crippen molar-refractivity contribution < 1.29 is 4.79 Å². The van der Waals surface area contributed by atoms with Crippen LogP contribution < -0.4 is 4.90 Å². The van der Waals surface area contributed by atoms with Gasteiger partial charge in [-0.3, -0.25) is 4.79 Å². The van der Waals surface area contributed by atoms with E-state index in [1.54, 1.807) is 0 Å². The van der Waals surface area contributed by atoms with Gasteiger partial charge in [-0.25, -0.2) is 0 Å². The van der Waals surface area contributed by atoms with Gasteiger partial charge in [-0.2, -0.15) is 5.26 Å².